The van der Waals surface area contributed by atoms with Crippen LogP contribution in [0.5, 0.6) is 0 Å². The average Bonchev–Trinajstić information content (AvgIpc) is 3.10. The second-order valence-electron chi connectivity index (χ2n) is 7.50. The topological polar surface area (TPSA) is 90.6 Å². The Morgan fingerprint density at radius 1 is 1.10 bits per heavy atom. The van der Waals surface area contributed by atoms with E-state index >= 15 is 0 Å². The Labute approximate surface area is 173 Å². The molecule has 4 rings (SSSR count). The van der Waals surface area contributed by atoms with Gasteiger partial charge in [-0.05, 0) is 31.4 Å². The van der Waals surface area contributed by atoms with Gasteiger partial charge in [0.2, 0.25) is 0 Å². The zero-order chi connectivity index (χ0) is 21.5. The Bertz CT molecular complexity index is 1330. The van der Waals surface area contributed by atoms with Crippen LogP contribution in [0.2, 0.25) is 0 Å². The minimum Gasteiger partial charge on any atom is -0.244 e. The lowest BCUT2D eigenvalue weighted by atomic mass is 10.1. The highest BCUT2D eigenvalue weighted by Crippen LogP contribution is 2.30. The fraction of sp³-hybridized carbons (Fsp3) is 0.238. The SMILES string of the molecule is Cc1ccc(S(=O)(=O)n2cc(-c3ncc(F)c(CC(C)C)n3)c3cncnc32)cc1. The van der Waals surface area contributed by atoms with Crippen LogP contribution in [0.3, 0.4) is 0 Å². The largest absolute Gasteiger partial charge is 0.269 e. The van der Waals surface area contributed by atoms with Gasteiger partial charge in [-0.2, -0.15) is 0 Å². The van der Waals surface area contributed by atoms with Crippen molar-refractivity contribution in [2.75, 3.05) is 0 Å². The molecule has 0 bridgehead atoms. The van der Waals surface area contributed by atoms with Crippen molar-refractivity contribution in [3.05, 3.63) is 66.3 Å². The van der Waals surface area contributed by atoms with Crippen LogP contribution in [0.1, 0.15) is 25.1 Å². The first-order valence-corrected chi connectivity index (χ1v) is 10.9. The van der Waals surface area contributed by atoms with Gasteiger partial charge in [0.05, 0.1) is 16.8 Å². The molecule has 0 saturated carbocycles. The normalized spacial score (nSPS) is 12.0. The first kappa shape index (κ1) is 20.1. The van der Waals surface area contributed by atoms with Crippen molar-refractivity contribution in [2.24, 2.45) is 5.92 Å². The molecule has 0 aliphatic heterocycles. The first-order chi connectivity index (χ1) is 14.3. The van der Waals surface area contributed by atoms with Gasteiger partial charge in [-0.1, -0.05) is 31.5 Å². The fourth-order valence-electron chi connectivity index (χ4n) is 3.18. The first-order valence-electron chi connectivity index (χ1n) is 9.42. The van der Waals surface area contributed by atoms with E-state index in [1.54, 1.807) is 24.3 Å². The van der Waals surface area contributed by atoms with Crippen LogP contribution < -0.4 is 0 Å². The summed E-state index contributed by atoms with van der Waals surface area (Å²) in [5.41, 5.74) is 1.87. The maximum atomic E-state index is 14.2. The molecule has 3 heterocycles. The molecule has 0 unspecified atom stereocenters. The van der Waals surface area contributed by atoms with Crippen LogP contribution in [-0.2, 0) is 16.4 Å². The van der Waals surface area contributed by atoms with Crippen molar-refractivity contribution in [3.8, 4) is 11.4 Å². The van der Waals surface area contributed by atoms with Gasteiger partial charge < -0.3 is 0 Å². The summed E-state index contributed by atoms with van der Waals surface area (Å²) < 4.78 is 41.8. The summed E-state index contributed by atoms with van der Waals surface area (Å²) in [6.45, 7) is 5.82. The summed E-state index contributed by atoms with van der Waals surface area (Å²) in [7, 11) is -3.91. The molecule has 0 spiro atoms. The summed E-state index contributed by atoms with van der Waals surface area (Å²) in [4.78, 5) is 16.8. The van der Waals surface area contributed by atoms with E-state index in [1.165, 1.54) is 18.7 Å². The van der Waals surface area contributed by atoms with Crippen molar-refractivity contribution in [3.63, 3.8) is 0 Å². The van der Waals surface area contributed by atoms with Gasteiger partial charge in [0.25, 0.3) is 10.0 Å². The number of nitrogens with zero attached hydrogens (tertiary/aromatic N) is 5. The van der Waals surface area contributed by atoms with Gasteiger partial charge in [0, 0.05) is 23.3 Å². The van der Waals surface area contributed by atoms with Crippen LogP contribution in [0.4, 0.5) is 4.39 Å². The summed E-state index contributed by atoms with van der Waals surface area (Å²) >= 11 is 0. The highest BCUT2D eigenvalue weighted by atomic mass is 32.2. The third-order valence-corrected chi connectivity index (χ3v) is 6.34. The van der Waals surface area contributed by atoms with Crippen molar-refractivity contribution in [2.45, 2.75) is 32.1 Å². The third kappa shape index (κ3) is 3.56. The molecule has 0 radical (unpaired) electrons. The predicted molar refractivity (Wildman–Crippen MR) is 111 cm³/mol. The van der Waals surface area contributed by atoms with Crippen molar-refractivity contribution >= 4 is 21.1 Å². The molecule has 1 aromatic carbocycles. The molecule has 0 amide bonds. The molecule has 0 N–H and O–H groups in total. The lowest BCUT2D eigenvalue weighted by Crippen LogP contribution is -2.12. The van der Waals surface area contributed by atoms with E-state index in [2.05, 4.69) is 19.9 Å². The molecule has 0 aliphatic rings. The molecule has 9 heteroatoms. The van der Waals surface area contributed by atoms with Crippen LogP contribution in [0.15, 0.2) is 54.1 Å². The second-order valence-corrected chi connectivity index (χ2v) is 9.32. The molecule has 30 heavy (non-hydrogen) atoms. The van der Waals surface area contributed by atoms with Crippen molar-refractivity contribution < 1.29 is 12.8 Å². The summed E-state index contributed by atoms with van der Waals surface area (Å²) in [6.07, 6.45) is 5.76. The van der Waals surface area contributed by atoms with Gasteiger partial charge >= 0.3 is 0 Å². The fourth-order valence-corrected chi connectivity index (χ4v) is 4.51. The number of aryl methyl sites for hydroxylation is 1. The molecule has 4 aromatic rings. The Morgan fingerprint density at radius 3 is 2.53 bits per heavy atom. The Kier molecular flexibility index (Phi) is 5.07. The Morgan fingerprint density at radius 2 is 1.83 bits per heavy atom. The highest BCUT2D eigenvalue weighted by molar-refractivity contribution is 7.90. The molecule has 0 fully saturated rings. The number of rotatable bonds is 5. The van der Waals surface area contributed by atoms with E-state index in [-0.39, 0.29) is 28.0 Å². The van der Waals surface area contributed by atoms with Crippen molar-refractivity contribution in [1.82, 2.24) is 23.9 Å². The standard InChI is InChI=1S/C21H20FN5O2S/c1-13(2)8-19-18(22)10-24-20(26-19)17-11-27(21-16(17)9-23-12-25-21)30(28,29)15-6-4-14(3)5-7-15/h4-7,9-13H,8H2,1-3H3. The smallest absolute Gasteiger partial charge is 0.244 e. The monoisotopic (exact) mass is 425 g/mol. The quantitative estimate of drug-likeness (QED) is 0.483. The van der Waals surface area contributed by atoms with Crippen LogP contribution in [0.25, 0.3) is 22.4 Å². The maximum absolute atomic E-state index is 14.2. The van der Waals surface area contributed by atoms with Gasteiger partial charge in [-0.3, -0.25) is 0 Å². The number of hydrogen-bond acceptors (Lipinski definition) is 6. The minimum absolute atomic E-state index is 0.135. The molecular weight excluding hydrogens is 405 g/mol. The van der Waals surface area contributed by atoms with E-state index in [4.69, 9.17) is 0 Å². The number of halogens is 1. The lowest BCUT2D eigenvalue weighted by Gasteiger charge is -2.07. The number of hydrogen-bond donors (Lipinski definition) is 0. The molecule has 0 saturated heterocycles. The van der Waals surface area contributed by atoms with Crippen LogP contribution >= 0.6 is 0 Å². The van der Waals surface area contributed by atoms with Crippen molar-refractivity contribution in [1.29, 1.82) is 0 Å². The molecule has 3 aromatic heterocycles. The average molecular weight is 425 g/mol. The van der Waals surface area contributed by atoms with E-state index in [0.717, 1.165) is 15.7 Å². The van der Waals surface area contributed by atoms with Gasteiger partial charge in [0.1, 0.15) is 6.33 Å². The number of fused-ring (bicyclic) bond motifs is 1. The Balaban J connectivity index is 1.91. The highest BCUT2D eigenvalue weighted by Gasteiger charge is 2.24. The summed E-state index contributed by atoms with van der Waals surface area (Å²) in [5, 5.41) is 0.468. The van der Waals surface area contributed by atoms with Gasteiger partial charge in [0.15, 0.2) is 17.3 Å². The van der Waals surface area contributed by atoms with E-state index in [1.807, 2.05) is 20.8 Å². The lowest BCUT2D eigenvalue weighted by molar-refractivity contribution is 0.554. The molecule has 154 valence electrons. The maximum Gasteiger partial charge on any atom is 0.269 e. The zero-order valence-corrected chi connectivity index (χ0v) is 17.6. The third-order valence-electron chi connectivity index (χ3n) is 4.67. The molecular formula is C21H20FN5O2S. The van der Waals surface area contributed by atoms with Gasteiger partial charge in [-0.15, -0.1) is 0 Å². The van der Waals surface area contributed by atoms with Gasteiger partial charge in [-0.25, -0.2) is 36.7 Å². The zero-order valence-electron chi connectivity index (χ0n) is 16.7. The second kappa shape index (κ2) is 7.56. The summed E-state index contributed by atoms with van der Waals surface area (Å²) in [5.74, 6) is -0.0572. The molecule has 0 atom stereocenters. The predicted octanol–water partition coefficient (Wildman–Crippen LogP) is 3.77. The molecule has 7 nitrogen and oxygen atoms in total. The number of aromatic nitrogens is 5. The minimum atomic E-state index is -3.91. The van der Waals surface area contributed by atoms with E-state index in [9.17, 15) is 12.8 Å². The van der Waals surface area contributed by atoms with Crippen LogP contribution in [-0.4, -0.2) is 32.3 Å². The number of benzene rings is 1. The molecule has 0 aliphatic carbocycles. The van der Waals surface area contributed by atoms with E-state index in [0.29, 0.717) is 17.4 Å². The van der Waals surface area contributed by atoms with Crippen LogP contribution in [0, 0.1) is 18.7 Å². The summed E-state index contributed by atoms with van der Waals surface area (Å²) in [6, 6.07) is 6.56. The van der Waals surface area contributed by atoms with E-state index < -0.39 is 15.8 Å². The Hall–Kier alpha value is -3.20.